The topological polar surface area (TPSA) is 70.0 Å². The Labute approximate surface area is 120 Å². The van der Waals surface area contributed by atoms with Gasteiger partial charge in [0.15, 0.2) is 0 Å². The molecule has 0 aliphatic carbocycles. The third-order valence-electron chi connectivity index (χ3n) is 2.67. The SMILES string of the molecule is N#CCc1ccc(NS(=O)(=O)c2ccc(F)cc2F)cc1. The number of nitrogens with one attached hydrogen (secondary N) is 1. The van der Waals surface area contributed by atoms with Crippen LogP contribution in [0.5, 0.6) is 0 Å². The number of rotatable bonds is 4. The van der Waals surface area contributed by atoms with Gasteiger partial charge in [0.2, 0.25) is 0 Å². The zero-order valence-electron chi connectivity index (χ0n) is 10.7. The molecule has 0 unspecified atom stereocenters. The molecule has 0 atom stereocenters. The van der Waals surface area contributed by atoms with Gasteiger partial charge in [0, 0.05) is 11.8 Å². The summed E-state index contributed by atoms with van der Waals surface area (Å²) < 4.78 is 52.5. The van der Waals surface area contributed by atoms with Crippen LogP contribution in [0.4, 0.5) is 14.5 Å². The summed E-state index contributed by atoms with van der Waals surface area (Å²) in [5.74, 6) is -2.02. The minimum Gasteiger partial charge on any atom is -0.280 e. The molecule has 2 aromatic rings. The number of sulfonamides is 1. The first-order chi connectivity index (χ1) is 9.92. The van der Waals surface area contributed by atoms with Crippen molar-refractivity contribution in [2.75, 3.05) is 4.72 Å². The Morgan fingerprint density at radius 2 is 1.76 bits per heavy atom. The van der Waals surface area contributed by atoms with Crippen LogP contribution in [0.1, 0.15) is 5.56 Å². The molecule has 0 amide bonds. The van der Waals surface area contributed by atoms with Crippen molar-refractivity contribution >= 4 is 15.7 Å². The summed E-state index contributed by atoms with van der Waals surface area (Å²) in [7, 11) is -4.14. The van der Waals surface area contributed by atoms with E-state index in [1.807, 2.05) is 6.07 Å². The second-order valence-corrected chi connectivity index (χ2v) is 5.86. The van der Waals surface area contributed by atoms with Crippen LogP contribution in [0.3, 0.4) is 0 Å². The molecule has 21 heavy (non-hydrogen) atoms. The van der Waals surface area contributed by atoms with Crippen molar-refractivity contribution < 1.29 is 17.2 Å². The Balaban J connectivity index is 2.27. The minimum atomic E-state index is -4.14. The molecule has 0 saturated carbocycles. The Bertz CT molecular complexity index is 797. The molecule has 0 radical (unpaired) electrons. The highest BCUT2D eigenvalue weighted by Crippen LogP contribution is 2.20. The van der Waals surface area contributed by atoms with Crippen LogP contribution in [0.15, 0.2) is 47.4 Å². The van der Waals surface area contributed by atoms with Crippen molar-refractivity contribution in [2.24, 2.45) is 0 Å². The van der Waals surface area contributed by atoms with Gasteiger partial charge in [-0.25, -0.2) is 17.2 Å². The molecule has 0 aliphatic rings. The van der Waals surface area contributed by atoms with E-state index in [4.69, 9.17) is 5.26 Å². The van der Waals surface area contributed by atoms with Gasteiger partial charge in [-0.1, -0.05) is 12.1 Å². The second-order valence-electron chi connectivity index (χ2n) is 4.21. The first-order valence-corrected chi connectivity index (χ1v) is 7.34. The molecular weight excluding hydrogens is 298 g/mol. The van der Waals surface area contributed by atoms with Gasteiger partial charge in [0.25, 0.3) is 10.0 Å². The van der Waals surface area contributed by atoms with Crippen molar-refractivity contribution in [3.63, 3.8) is 0 Å². The monoisotopic (exact) mass is 308 g/mol. The lowest BCUT2D eigenvalue weighted by atomic mass is 10.1. The molecule has 0 saturated heterocycles. The zero-order chi connectivity index (χ0) is 15.5. The maximum absolute atomic E-state index is 13.5. The number of halogens is 2. The van der Waals surface area contributed by atoms with Crippen LogP contribution in [0.25, 0.3) is 0 Å². The molecule has 4 nitrogen and oxygen atoms in total. The number of benzene rings is 2. The standard InChI is InChI=1S/C14H10F2N2O2S/c15-11-3-6-14(13(16)9-11)21(19,20)18-12-4-1-10(2-5-12)7-8-17/h1-6,9,18H,7H2. The van der Waals surface area contributed by atoms with Gasteiger partial charge in [0.1, 0.15) is 16.5 Å². The van der Waals surface area contributed by atoms with Gasteiger partial charge in [-0.05, 0) is 29.8 Å². The molecule has 0 aromatic heterocycles. The number of hydrogen-bond acceptors (Lipinski definition) is 3. The molecule has 0 fully saturated rings. The molecule has 2 aromatic carbocycles. The van der Waals surface area contributed by atoms with Crippen molar-refractivity contribution in [3.05, 3.63) is 59.7 Å². The Kier molecular flexibility index (Phi) is 4.19. The molecule has 0 aliphatic heterocycles. The highest BCUT2D eigenvalue weighted by atomic mass is 32.2. The summed E-state index contributed by atoms with van der Waals surface area (Å²) in [4.78, 5) is -0.634. The van der Waals surface area contributed by atoms with Crippen LogP contribution >= 0.6 is 0 Å². The lowest BCUT2D eigenvalue weighted by Crippen LogP contribution is -2.14. The van der Waals surface area contributed by atoms with Crippen LogP contribution in [0.2, 0.25) is 0 Å². The summed E-state index contributed by atoms with van der Waals surface area (Å²) >= 11 is 0. The Morgan fingerprint density at radius 1 is 1.10 bits per heavy atom. The zero-order valence-corrected chi connectivity index (χ0v) is 11.5. The highest BCUT2D eigenvalue weighted by Gasteiger charge is 2.19. The second kappa shape index (κ2) is 5.89. The quantitative estimate of drug-likeness (QED) is 0.944. The smallest absolute Gasteiger partial charge is 0.264 e. The lowest BCUT2D eigenvalue weighted by Gasteiger charge is -2.09. The summed E-state index contributed by atoms with van der Waals surface area (Å²) in [6.07, 6.45) is 0.208. The molecule has 108 valence electrons. The Morgan fingerprint density at radius 3 is 2.33 bits per heavy atom. The number of anilines is 1. The van der Waals surface area contributed by atoms with E-state index in [-0.39, 0.29) is 12.1 Å². The third kappa shape index (κ3) is 3.55. The van der Waals surface area contributed by atoms with E-state index in [1.165, 1.54) is 12.1 Å². The molecule has 0 heterocycles. The Hall–Kier alpha value is -2.46. The normalized spacial score (nSPS) is 10.9. The molecule has 0 spiro atoms. The van der Waals surface area contributed by atoms with Crippen molar-refractivity contribution in [1.82, 2.24) is 0 Å². The lowest BCUT2D eigenvalue weighted by molar-refractivity contribution is 0.551. The number of nitrogens with zero attached hydrogens (tertiary/aromatic N) is 1. The summed E-state index contributed by atoms with van der Waals surface area (Å²) in [5, 5.41) is 8.54. The predicted molar refractivity (Wildman–Crippen MR) is 72.9 cm³/mol. The van der Waals surface area contributed by atoms with E-state index in [0.717, 1.165) is 17.7 Å². The fraction of sp³-hybridized carbons (Fsp3) is 0.0714. The largest absolute Gasteiger partial charge is 0.280 e. The van der Waals surface area contributed by atoms with Gasteiger partial charge in [-0.3, -0.25) is 4.72 Å². The first kappa shape index (κ1) is 14.9. The predicted octanol–water partition coefficient (Wildman–Crippen LogP) is 2.83. The number of hydrogen-bond donors (Lipinski definition) is 1. The minimum absolute atomic E-state index is 0.208. The van der Waals surface area contributed by atoms with Crippen LogP contribution in [-0.4, -0.2) is 8.42 Å². The van der Waals surface area contributed by atoms with Crippen LogP contribution in [-0.2, 0) is 16.4 Å². The van der Waals surface area contributed by atoms with E-state index >= 15 is 0 Å². The molecule has 0 bridgehead atoms. The average molecular weight is 308 g/mol. The van der Waals surface area contributed by atoms with Gasteiger partial charge < -0.3 is 0 Å². The first-order valence-electron chi connectivity index (χ1n) is 5.86. The van der Waals surface area contributed by atoms with E-state index in [9.17, 15) is 17.2 Å². The highest BCUT2D eigenvalue weighted by molar-refractivity contribution is 7.92. The fourth-order valence-corrected chi connectivity index (χ4v) is 2.80. The van der Waals surface area contributed by atoms with Crippen molar-refractivity contribution in [1.29, 1.82) is 5.26 Å². The van der Waals surface area contributed by atoms with E-state index in [1.54, 1.807) is 12.1 Å². The molecule has 7 heteroatoms. The summed E-state index contributed by atoms with van der Waals surface area (Å²) in [6.45, 7) is 0. The van der Waals surface area contributed by atoms with E-state index in [2.05, 4.69) is 4.72 Å². The maximum atomic E-state index is 13.5. The summed E-state index contributed by atoms with van der Waals surface area (Å²) in [5.41, 5.74) is 0.953. The number of nitriles is 1. The van der Waals surface area contributed by atoms with Crippen molar-refractivity contribution in [2.45, 2.75) is 11.3 Å². The maximum Gasteiger partial charge on any atom is 0.264 e. The fourth-order valence-electron chi connectivity index (χ4n) is 1.69. The van der Waals surface area contributed by atoms with Crippen LogP contribution in [0, 0.1) is 23.0 Å². The van der Waals surface area contributed by atoms with Gasteiger partial charge in [-0.15, -0.1) is 0 Å². The molecule has 2 rings (SSSR count). The molecule has 1 N–H and O–H groups in total. The average Bonchev–Trinajstić information content (AvgIpc) is 2.40. The van der Waals surface area contributed by atoms with E-state index < -0.39 is 26.6 Å². The van der Waals surface area contributed by atoms with Gasteiger partial charge in [0.05, 0.1) is 12.5 Å². The van der Waals surface area contributed by atoms with Crippen molar-refractivity contribution in [3.8, 4) is 6.07 Å². The van der Waals surface area contributed by atoms with Crippen LogP contribution < -0.4 is 4.72 Å². The van der Waals surface area contributed by atoms with E-state index in [0.29, 0.717) is 6.07 Å². The van der Waals surface area contributed by atoms with Gasteiger partial charge >= 0.3 is 0 Å². The summed E-state index contributed by atoms with van der Waals surface area (Å²) in [6, 6.07) is 10.3. The molecular formula is C14H10F2N2O2S. The van der Waals surface area contributed by atoms with Gasteiger partial charge in [-0.2, -0.15) is 5.26 Å². The third-order valence-corrected chi connectivity index (χ3v) is 4.09.